The Bertz CT molecular complexity index is 1010. The van der Waals surface area contributed by atoms with E-state index in [9.17, 15) is 4.79 Å². The molecule has 1 aromatic carbocycles. The molecule has 0 aliphatic carbocycles. The first-order valence-corrected chi connectivity index (χ1v) is 10.0. The number of anilines is 2. The fraction of sp³-hybridized carbons (Fsp3) is 0.364. The third-order valence-electron chi connectivity index (χ3n) is 5.13. The van der Waals surface area contributed by atoms with Crippen LogP contribution in [0.25, 0.3) is 0 Å². The Morgan fingerprint density at radius 1 is 0.897 bits per heavy atom. The van der Waals surface area contributed by atoms with Crippen molar-refractivity contribution in [3.63, 3.8) is 0 Å². The Kier molecular flexibility index (Phi) is 5.55. The minimum Gasteiger partial charge on any atom is -0.353 e. The number of nitrogens with zero attached hydrogens (tertiary/aromatic N) is 6. The number of hydrogen-bond donors (Lipinski definition) is 0. The molecule has 1 fully saturated rings. The minimum atomic E-state index is -0.0848. The van der Waals surface area contributed by atoms with E-state index in [1.165, 1.54) is 4.68 Å². The van der Waals surface area contributed by atoms with Crippen molar-refractivity contribution in [2.75, 3.05) is 36.0 Å². The zero-order valence-corrected chi connectivity index (χ0v) is 16.9. The molecule has 0 radical (unpaired) electrons. The molecule has 7 heteroatoms. The quantitative estimate of drug-likeness (QED) is 0.667. The first kappa shape index (κ1) is 19.1. The van der Waals surface area contributed by atoms with Crippen LogP contribution in [0.5, 0.6) is 0 Å². The highest BCUT2D eigenvalue weighted by Gasteiger charge is 2.20. The lowest BCUT2D eigenvalue weighted by molar-refractivity contribution is 0.598. The van der Waals surface area contributed by atoms with Gasteiger partial charge in [-0.25, -0.2) is 14.6 Å². The highest BCUT2D eigenvalue weighted by molar-refractivity contribution is 5.44. The number of benzene rings is 1. The third kappa shape index (κ3) is 4.45. The summed E-state index contributed by atoms with van der Waals surface area (Å²) in [7, 11) is 0. The van der Waals surface area contributed by atoms with E-state index < -0.39 is 0 Å². The maximum absolute atomic E-state index is 12.2. The van der Waals surface area contributed by atoms with Gasteiger partial charge in [-0.3, -0.25) is 4.79 Å². The van der Waals surface area contributed by atoms with Crippen molar-refractivity contribution in [2.45, 2.75) is 26.3 Å². The maximum Gasteiger partial charge on any atom is 0.267 e. The largest absolute Gasteiger partial charge is 0.353 e. The molecule has 0 saturated carbocycles. The van der Waals surface area contributed by atoms with Gasteiger partial charge in [-0.1, -0.05) is 44.2 Å². The SMILES string of the molecule is CC(C)c1nccc(N2CCN(c3ccc(=O)n(Cc4ccccc4)n3)CC2)n1. The molecule has 29 heavy (non-hydrogen) atoms. The van der Waals surface area contributed by atoms with E-state index in [0.717, 1.165) is 49.2 Å². The van der Waals surface area contributed by atoms with E-state index >= 15 is 0 Å². The molecule has 7 nitrogen and oxygen atoms in total. The Labute approximate surface area is 170 Å². The minimum absolute atomic E-state index is 0.0848. The van der Waals surface area contributed by atoms with Gasteiger partial charge in [0.25, 0.3) is 5.56 Å². The van der Waals surface area contributed by atoms with Gasteiger partial charge in [0.2, 0.25) is 0 Å². The van der Waals surface area contributed by atoms with Crippen LogP contribution in [0.4, 0.5) is 11.6 Å². The summed E-state index contributed by atoms with van der Waals surface area (Å²) in [6, 6.07) is 15.3. The van der Waals surface area contributed by atoms with Crippen LogP contribution in [0, 0.1) is 0 Å². The Morgan fingerprint density at radius 3 is 2.28 bits per heavy atom. The summed E-state index contributed by atoms with van der Waals surface area (Å²) in [6.45, 7) is 8.06. The summed E-state index contributed by atoms with van der Waals surface area (Å²) in [5, 5.41) is 4.61. The van der Waals surface area contributed by atoms with Crippen LogP contribution in [-0.4, -0.2) is 45.9 Å². The lowest BCUT2D eigenvalue weighted by Crippen LogP contribution is -2.47. The summed E-state index contributed by atoms with van der Waals surface area (Å²) in [5.74, 6) is 3.00. The van der Waals surface area contributed by atoms with Gasteiger partial charge in [0.15, 0.2) is 0 Å². The average molecular weight is 390 g/mol. The zero-order chi connectivity index (χ0) is 20.2. The predicted octanol–water partition coefficient (Wildman–Crippen LogP) is 2.53. The highest BCUT2D eigenvalue weighted by atomic mass is 16.1. The van der Waals surface area contributed by atoms with Crippen LogP contribution < -0.4 is 15.4 Å². The van der Waals surface area contributed by atoms with Gasteiger partial charge in [-0.2, -0.15) is 5.10 Å². The number of piperazine rings is 1. The smallest absolute Gasteiger partial charge is 0.267 e. The van der Waals surface area contributed by atoms with Crippen molar-refractivity contribution in [1.82, 2.24) is 19.7 Å². The van der Waals surface area contributed by atoms with Crippen LogP contribution >= 0.6 is 0 Å². The molecule has 3 heterocycles. The normalized spacial score (nSPS) is 14.4. The molecule has 1 aliphatic rings. The molecule has 0 atom stereocenters. The van der Waals surface area contributed by atoms with Crippen molar-refractivity contribution in [2.24, 2.45) is 0 Å². The van der Waals surface area contributed by atoms with Gasteiger partial charge < -0.3 is 9.80 Å². The molecule has 0 N–H and O–H groups in total. The monoisotopic (exact) mass is 390 g/mol. The Balaban J connectivity index is 1.45. The van der Waals surface area contributed by atoms with Crippen LogP contribution in [0.3, 0.4) is 0 Å². The molecule has 0 spiro atoms. The standard InChI is InChI=1S/C22H26N6O/c1-17(2)22-23-11-10-19(24-22)26-12-14-27(15-13-26)20-8-9-21(29)28(25-20)16-18-6-4-3-5-7-18/h3-11,17H,12-16H2,1-2H3. The molecular weight excluding hydrogens is 364 g/mol. The summed E-state index contributed by atoms with van der Waals surface area (Å²) in [5.41, 5.74) is 0.979. The molecule has 150 valence electrons. The molecule has 0 amide bonds. The Morgan fingerprint density at radius 2 is 1.59 bits per heavy atom. The van der Waals surface area contributed by atoms with E-state index in [-0.39, 0.29) is 5.56 Å². The van der Waals surface area contributed by atoms with E-state index in [1.54, 1.807) is 6.07 Å². The fourth-order valence-electron chi connectivity index (χ4n) is 3.46. The van der Waals surface area contributed by atoms with Crippen LogP contribution in [-0.2, 0) is 6.54 Å². The molecule has 1 aliphatic heterocycles. The lowest BCUT2D eigenvalue weighted by atomic mass is 10.2. The van der Waals surface area contributed by atoms with Gasteiger partial charge in [0, 0.05) is 44.4 Å². The number of rotatable bonds is 5. The maximum atomic E-state index is 12.2. The Hall–Kier alpha value is -3.22. The molecule has 2 aromatic heterocycles. The highest BCUT2D eigenvalue weighted by Crippen LogP contribution is 2.18. The van der Waals surface area contributed by atoms with E-state index in [0.29, 0.717) is 12.5 Å². The van der Waals surface area contributed by atoms with Gasteiger partial charge >= 0.3 is 0 Å². The van der Waals surface area contributed by atoms with E-state index in [4.69, 9.17) is 4.98 Å². The van der Waals surface area contributed by atoms with Crippen molar-refractivity contribution in [1.29, 1.82) is 0 Å². The van der Waals surface area contributed by atoms with Crippen molar-refractivity contribution < 1.29 is 0 Å². The molecular formula is C22H26N6O. The van der Waals surface area contributed by atoms with Crippen molar-refractivity contribution in [3.8, 4) is 0 Å². The summed E-state index contributed by atoms with van der Waals surface area (Å²) >= 11 is 0. The summed E-state index contributed by atoms with van der Waals surface area (Å²) in [6.07, 6.45) is 1.84. The second-order valence-electron chi connectivity index (χ2n) is 7.57. The van der Waals surface area contributed by atoms with Gasteiger partial charge in [0.1, 0.15) is 17.5 Å². The fourth-order valence-corrected chi connectivity index (χ4v) is 3.46. The van der Waals surface area contributed by atoms with Crippen LogP contribution in [0.15, 0.2) is 59.5 Å². The molecule has 0 bridgehead atoms. The number of hydrogen-bond acceptors (Lipinski definition) is 6. The van der Waals surface area contributed by atoms with E-state index in [2.05, 4.69) is 33.7 Å². The first-order valence-electron chi connectivity index (χ1n) is 10.0. The topological polar surface area (TPSA) is 67.2 Å². The summed E-state index contributed by atoms with van der Waals surface area (Å²) in [4.78, 5) is 25.8. The predicted molar refractivity (Wildman–Crippen MR) is 115 cm³/mol. The molecule has 1 saturated heterocycles. The summed E-state index contributed by atoms with van der Waals surface area (Å²) < 4.78 is 1.54. The first-order chi connectivity index (χ1) is 14.1. The molecule has 3 aromatic rings. The second-order valence-corrected chi connectivity index (χ2v) is 7.57. The van der Waals surface area contributed by atoms with Crippen LogP contribution in [0.2, 0.25) is 0 Å². The second kappa shape index (κ2) is 8.43. The van der Waals surface area contributed by atoms with Crippen molar-refractivity contribution in [3.05, 3.63) is 76.5 Å². The van der Waals surface area contributed by atoms with Crippen molar-refractivity contribution >= 4 is 11.6 Å². The van der Waals surface area contributed by atoms with Gasteiger partial charge in [-0.15, -0.1) is 0 Å². The van der Waals surface area contributed by atoms with Gasteiger partial charge in [0.05, 0.1) is 6.54 Å². The zero-order valence-electron chi connectivity index (χ0n) is 16.9. The average Bonchev–Trinajstić information content (AvgIpc) is 2.76. The van der Waals surface area contributed by atoms with E-state index in [1.807, 2.05) is 48.7 Å². The van der Waals surface area contributed by atoms with Gasteiger partial charge in [-0.05, 0) is 17.7 Å². The lowest BCUT2D eigenvalue weighted by Gasteiger charge is -2.36. The van der Waals surface area contributed by atoms with Crippen LogP contribution in [0.1, 0.15) is 31.2 Å². The molecule has 0 unspecified atom stereocenters. The molecule has 4 rings (SSSR count). The third-order valence-corrected chi connectivity index (χ3v) is 5.13. The number of aromatic nitrogens is 4.